The van der Waals surface area contributed by atoms with Gasteiger partial charge in [0.25, 0.3) is 5.91 Å². The van der Waals surface area contributed by atoms with Crippen LogP contribution in [-0.4, -0.2) is 35.9 Å². The summed E-state index contributed by atoms with van der Waals surface area (Å²) in [5.74, 6) is 0.220. The maximum Gasteiger partial charge on any atom is 0.261 e. The first-order valence-electron chi connectivity index (χ1n) is 9.88. The van der Waals surface area contributed by atoms with Crippen molar-refractivity contribution in [3.63, 3.8) is 0 Å². The molecule has 0 aliphatic carbocycles. The smallest absolute Gasteiger partial charge is 0.261 e. The maximum absolute atomic E-state index is 13.1. The van der Waals surface area contributed by atoms with Crippen molar-refractivity contribution in [2.75, 3.05) is 13.2 Å². The molecule has 0 spiro atoms. The van der Waals surface area contributed by atoms with Crippen LogP contribution in [0.1, 0.15) is 37.0 Å². The maximum atomic E-state index is 13.1. The number of nitrogens with zero attached hydrogens (tertiary/aromatic N) is 1. The van der Waals surface area contributed by atoms with Gasteiger partial charge in [-0.25, -0.2) is 0 Å². The molecule has 6 heteroatoms. The summed E-state index contributed by atoms with van der Waals surface area (Å²) >= 11 is 6.30. The van der Waals surface area contributed by atoms with E-state index in [0.717, 1.165) is 16.7 Å². The molecule has 1 unspecified atom stereocenters. The van der Waals surface area contributed by atoms with Crippen LogP contribution >= 0.6 is 11.6 Å². The number of ether oxygens (including phenoxy) is 1. The lowest BCUT2D eigenvalue weighted by Crippen LogP contribution is -2.50. The van der Waals surface area contributed by atoms with E-state index in [2.05, 4.69) is 5.32 Å². The van der Waals surface area contributed by atoms with Crippen LogP contribution in [0.25, 0.3) is 0 Å². The molecule has 0 heterocycles. The number of nitrogens with one attached hydrogen (secondary N) is 1. The fourth-order valence-corrected chi connectivity index (χ4v) is 3.40. The van der Waals surface area contributed by atoms with Crippen molar-refractivity contribution in [2.24, 2.45) is 0 Å². The Labute approximate surface area is 178 Å². The molecule has 0 fully saturated rings. The summed E-state index contributed by atoms with van der Waals surface area (Å²) < 4.78 is 5.78. The van der Waals surface area contributed by atoms with Gasteiger partial charge in [-0.2, -0.15) is 0 Å². The van der Waals surface area contributed by atoms with E-state index in [1.165, 1.54) is 0 Å². The molecule has 1 N–H and O–H groups in total. The van der Waals surface area contributed by atoms with E-state index in [0.29, 0.717) is 23.7 Å². The first-order chi connectivity index (χ1) is 13.9. The lowest BCUT2D eigenvalue weighted by atomic mass is 10.1. The minimum Gasteiger partial charge on any atom is -0.483 e. The fourth-order valence-electron chi connectivity index (χ4n) is 3.21. The van der Waals surface area contributed by atoms with E-state index in [-0.39, 0.29) is 25.0 Å². The highest BCUT2D eigenvalue weighted by Gasteiger charge is 2.29. The third kappa shape index (κ3) is 6.23. The van der Waals surface area contributed by atoms with Crippen molar-refractivity contribution in [2.45, 2.75) is 46.7 Å². The zero-order valence-corrected chi connectivity index (χ0v) is 18.3. The molecule has 2 rings (SSSR count). The number of amides is 2. The lowest BCUT2D eigenvalue weighted by Gasteiger charge is -2.30. The molecule has 1 atom stereocenters. The van der Waals surface area contributed by atoms with Gasteiger partial charge in [-0.15, -0.1) is 0 Å². The molecule has 0 saturated heterocycles. The fraction of sp³-hybridized carbons (Fsp3) is 0.391. The van der Waals surface area contributed by atoms with Crippen molar-refractivity contribution in [1.29, 1.82) is 0 Å². The highest BCUT2D eigenvalue weighted by Crippen LogP contribution is 2.21. The molecule has 0 aliphatic rings. The minimum absolute atomic E-state index is 0.149. The van der Waals surface area contributed by atoms with Crippen molar-refractivity contribution in [1.82, 2.24) is 10.2 Å². The van der Waals surface area contributed by atoms with Crippen LogP contribution < -0.4 is 10.1 Å². The van der Waals surface area contributed by atoms with Gasteiger partial charge in [-0.05, 0) is 50.5 Å². The predicted molar refractivity (Wildman–Crippen MR) is 116 cm³/mol. The van der Waals surface area contributed by atoms with Gasteiger partial charge in [0.1, 0.15) is 11.8 Å². The Balaban J connectivity index is 2.23. The van der Waals surface area contributed by atoms with E-state index < -0.39 is 6.04 Å². The van der Waals surface area contributed by atoms with Gasteiger partial charge in [0.15, 0.2) is 6.61 Å². The van der Waals surface area contributed by atoms with Gasteiger partial charge in [-0.1, -0.05) is 54.4 Å². The molecular formula is C23H29ClN2O3. The molecule has 0 aliphatic heterocycles. The van der Waals surface area contributed by atoms with Crippen LogP contribution in [0.3, 0.4) is 0 Å². The number of carbonyl (C=O) groups excluding carboxylic acids is 2. The SMILES string of the molecule is CCNC(=O)C(CC)N(Cc1ccccc1Cl)C(=O)COc1ccc(C)cc1C. The molecule has 29 heavy (non-hydrogen) atoms. The normalized spacial score (nSPS) is 11.6. The van der Waals surface area contributed by atoms with Gasteiger partial charge in [0.05, 0.1) is 0 Å². The second-order valence-electron chi connectivity index (χ2n) is 6.99. The van der Waals surface area contributed by atoms with E-state index >= 15 is 0 Å². The molecule has 2 amide bonds. The second-order valence-corrected chi connectivity index (χ2v) is 7.40. The van der Waals surface area contributed by atoms with Crippen molar-refractivity contribution in [3.8, 4) is 5.75 Å². The number of likely N-dealkylation sites (N-methyl/N-ethyl adjacent to an activating group) is 1. The quantitative estimate of drug-likeness (QED) is 0.663. The number of halogens is 1. The third-order valence-electron chi connectivity index (χ3n) is 4.72. The first-order valence-corrected chi connectivity index (χ1v) is 10.3. The van der Waals surface area contributed by atoms with Crippen LogP contribution in [0, 0.1) is 13.8 Å². The van der Waals surface area contributed by atoms with Gasteiger partial charge < -0.3 is 15.0 Å². The topological polar surface area (TPSA) is 58.6 Å². The van der Waals surface area contributed by atoms with Gasteiger partial charge in [-0.3, -0.25) is 9.59 Å². The monoisotopic (exact) mass is 416 g/mol. The van der Waals surface area contributed by atoms with Crippen molar-refractivity contribution in [3.05, 3.63) is 64.2 Å². The summed E-state index contributed by atoms with van der Waals surface area (Å²) in [5, 5.41) is 3.38. The largest absolute Gasteiger partial charge is 0.483 e. The van der Waals surface area contributed by atoms with Gasteiger partial charge in [0.2, 0.25) is 5.91 Å². The van der Waals surface area contributed by atoms with Crippen molar-refractivity contribution < 1.29 is 14.3 Å². The number of carbonyl (C=O) groups is 2. The van der Waals surface area contributed by atoms with E-state index in [1.54, 1.807) is 11.0 Å². The Bertz CT molecular complexity index is 854. The molecule has 156 valence electrons. The number of aryl methyl sites for hydroxylation is 2. The zero-order chi connectivity index (χ0) is 21.4. The molecular weight excluding hydrogens is 388 g/mol. The number of rotatable bonds is 9. The van der Waals surface area contributed by atoms with Crippen LogP contribution in [0.5, 0.6) is 5.75 Å². The summed E-state index contributed by atoms with van der Waals surface area (Å²) in [6, 6.07) is 12.5. The van der Waals surface area contributed by atoms with E-state index in [1.807, 2.05) is 64.1 Å². The highest BCUT2D eigenvalue weighted by molar-refractivity contribution is 6.31. The minimum atomic E-state index is -0.596. The summed E-state index contributed by atoms with van der Waals surface area (Å²) in [6.07, 6.45) is 0.492. The Morgan fingerprint density at radius 2 is 1.86 bits per heavy atom. The van der Waals surface area contributed by atoms with Gasteiger partial charge >= 0.3 is 0 Å². The summed E-state index contributed by atoms with van der Waals surface area (Å²) in [4.78, 5) is 27.2. The summed E-state index contributed by atoms with van der Waals surface area (Å²) in [7, 11) is 0. The van der Waals surface area contributed by atoms with Crippen LogP contribution in [0.2, 0.25) is 5.02 Å². The van der Waals surface area contributed by atoms with Crippen molar-refractivity contribution >= 4 is 23.4 Å². The second kappa shape index (κ2) is 10.9. The average molecular weight is 417 g/mol. The highest BCUT2D eigenvalue weighted by atomic mass is 35.5. The Kier molecular flexibility index (Phi) is 8.52. The Hall–Kier alpha value is -2.53. The predicted octanol–water partition coefficient (Wildman–Crippen LogP) is 4.28. The van der Waals surface area contributed by atoms with E-state index in [9.17, 15) is 9.59 Å². The molecule has 2 aromatic rings. The average Bonchev–Trinajstić information content (AvgIpc) is 2.68. The first kappa shape index (κ1) is 22.8. The number of hydrogen-bond donors (Lipinski definition) is 1. The Morgan fingerprint density at radius 3 is 2.48 bits per heavy atom. The summed E-state index contributed by atoms with van der Waals surface area (Å²) in [5.41, 5.74) is 2.88. The molecule has 0 bridgehead atoms. The number of hydrogen-bond acceptors (Lipinski definition) is 3. The summed E-state index contributed by atoms with van der Waals surface area (Å²) in [6.45, 7) is 8.28. The van der Waals surface area contributed by atoms with Crippen LogP contribution in [0.4, 0.5) is 0 Å². The molecule has 2 aromatic carbocycles. The zero-order valence-electron chi connectivity index (χ0n) is 17.5. The standard InChI is InChI=1S/C23H29ClN2O3/c1-5-20(23(28)25-6-2)26(14-18-9-7-8-10-19(18)24)22(27)15-29-21-12-11-16(3)13-17(21)4/h7-13,20H,5-6,14-15H2,1-4H3,(H,25,28). The third-order valence-corrected chi connectivity index (χ3v) is 5.09. The molecule has 0 saturated carbocycles. The Morgan fingerprint density at radius 1 is 1.14 bits per heavy atom. The van der Waals surface area contributed by atoms with Crippen LogP contribution in [-0.2, 0) is 16.1 Å². The van der Waals surface area contributed by atoms with Gasteiger partial charge in [0, 0.05) is 18.1 Å². The molecule has 5 nitrogen and oxygen atoms in total. The molecule has 0 aromatic heterocycles. The lowest BCUT2D eigenvalue weighted by molar-refractivity contribution is -0.142. The molecule has 0 radical (unpaired) electrons. The van der Waals surface area contributed by atoms with Crippen LogP contribution in [0.15, 0.2) is 42.5 Å². The number of benzene rings is 2. The van der Waals surface area contributed by atoms with E-state index in [4.69, 9.17) is 16.3 Å².